The van der Waals surface area contributed by atoms with Gasteiger partial charge in [-0.25, -0.2) is 12.2 Å². The monoisotopic (exact) mass is 1660 g/mol. The Morgan fingerprint density at radius 1 is 0.291 bits per heavy atom. The van der Waals surface area contributed by atoms with Gasteiger partial charge in [-0.15, -0.1) is 11.1 Å². The molecule has 0 heterocycles. The van der Waals surface area contributed by atoms with Crippen LogP contribution in [0.2, 0.25) is 0 Å². The molecule has 12 rings (SSSR count). The van der Waals surface area contributed by atoms with Crippen molar-refractivity contribution in [3.05, 3.63) is 306 Å². The van der Waals surface area contributed by atoms with Crippen molar-refractivity contribution in [3.8, 4) is 22.3 Å². The third-order valence-electron chi connectivity index (χ3n) is 21.5. The van der Waals surface area contributed by atoms with Crippen LogP contribution in [0.5, 0.6) is 0 Å². The van der Waals surface area contributed by atoms with Crippen LogP contribution in [0, 0.1) is 47.0 Å². The molecule has 4 aliphatic rings. The Labute approximate surface area is 715 Å². The van der Waals surface area contributed by atoms with E-state index >= 15 is 0 Å². The molecular formula is C106H136Cl2Zr2-2. The van der Waals surface area contributed by atoms with Crippen LogP contribution >= 0.6 is 0 Å². The van der Waals surface area contributed by atoms with E-state index < -0.39 is 0 Å². The summed E-state index contributed by atoms with van der Waals surface area (Å²) >= 11 is 2.92. The molecule has 0 amide bonds. The van der Waals surface area contributed by atoms with Crippen LogP contribution in [0.25, 0.3) is 22.3 Å². The van der Waals surface area contributed by atoms with E-state index in [9.17, 15) is 0 Å². The first-order valence-corrected chi connectivity index (χ1v) is 42.6. The summed E-state index contributed by atoms with van der Waals surface area (Å²) in [6, 6.07) is 66.4. The van der Waals surface area contributed by atoms with Gasteiger partial charge in [-0.1, -0.05) is 243 Å². The van der Waals surface area contributed by atoms with E-state index in [1.54, 1.807) is 0 Å². The zero-order chi connectivity index (χ0) is 80.9. The van der Waals surface area contributed by atoms with E-state index in [1.165, 1.54) is 190 Å². The van der Waals surface area contributed by atoms with Crippen LogP contribution < -0.4 is 24.8 Å². The first-order valence-electron chi connectivity index (χ1n) is 40.2. The molecule has 4 aliphatic carbocycles. The van der Waals surface area contributed by atoms with Gasteiger partial charge in [0.1, 0.15) is 0 Å². The number of hydrogen-bond acceptors (Lipinski definition) is 0. The predicted molar refractivity (Wildman–Crippen MR) is 467 cm³/mol. The molecule has 0 bridgehead atoms. The molecule has 0 aliphatic heterocycles. The smallest absolute Gasteiger partial charge is 0.0640 e. The van der Waals surface area contributed by atoms with Crippen LogP contribution in [0.4, 0.5) is 0 Å². The number of benzene rings is 8. The fourth-order valence-corrected chi connectivity index (χ4v) is 14.9. The molecule has 2 unspecified atom stereocenters. The molecule has 0 saturated carbocycles. The molecule has 0 radical (unpaired) electrons. The quantitative estimate of drug-likeness (QED) is 0.146. The van der Waals surface area contributed by atoms with Gasteiger partial charge in [0, 0.05) is 0 Å². The van der Waals surface area contributed by atoms with Crippen molar-refractivity contribution in [1.82, 2.24) is 0 Å². The molecule has 0 nitrogen and oxygen atoms in total. The minimum Gasteiger partial charge on any atom is -1.00 e. The SMILES string of the molecule is CC(C)(C)c1c[c-]c2c(c1)-c1cc(C(C)(C)C)ccc1C2.CC(C)(C)c1c[c-]c2c(c1)-c1cc(C(C)(C)C)ccc1C2.CC(C)(C)c1ccc([C](=[Zr+2])c2ccc(C(C)(C)C)cc2)cc1.CC(C)(C)c1ccc([C](=[Zr+2])c2ccc(C(C)(C)C)cc2)cc1.CCC1[C-]=CC(C(C)(C)C)=C1.CCC1[C-]=CC(C(C)(C)C)=C1.[Cl-].[Cl-]. The largest absolute Gasteiger partial charge is 1.00 e. The van der Waals surface area contributed by atoms with Crippen molar-refractivity contribution >= 4 is 6.41 Å². The molecule has 0 spiro atoms. The topological polar surface area (TPSA) is 0 Å². The van der Waals surface area contributed by atoms with E-state index in [1.807, 2.05) is 0 Å². The molecule has 4 heteroatoms. The zero-order valence-corrected chi connectivity index (χ0v) is 80.5. The molecule has 2 atom stereocenters. The minimum absolute atomic E-state index is 0. The van der Waals surface area contributed by atoms with Crippen LogP contribution in [0.1, 0.15) is 323 Å². The molecular weight excluding hydrogens is 1530 g/mol. The minimum atomic E-state index is 0. The van der Waals surface area contributed by atoms with Gasteiger partial charge >= 0.3 is 301 Å². The van der Waals surface area contributed by atoms with Gasteiger partial charge < -0.3 is 24.8 Å². The number of hydrogen-bond donors (Lipinski definition) is 0. The van der Waals surface area contributed by atoms with Crippen molar-refractivity contribution in [3.63, 3.8) is 0 Å². The second kappa shape index (κ2) is 37.6. The Morgan fingerprint density at radius 3 is 0.700 bits per heavy atom. The molecule has 584 valence electrons. The molecule has 0 aromatic heterocycles. The summed E-state index contributed by atoms with van der Waals surface area (Å²) in [5, 5.41) is 0. The Bertz CT molecular complexity index is 3990. The van der Waals surface area contributed by atoms with E-state index in [0.717, 1.165) is 12.8 Å². The van der Waals surface area contributed by atoms with E-state index in [0.29, 0.717) is 22.7 Å². The average molecular weight is 1660 g/mol. The first kappa shape index (κ1) is 95.4. The number of halogens is 2. The van der Waals surface area contributed by atoms with Crippen LogP contribution in [-0.4, -0.2) is 6.41 Å². The number of rotatable bonds is 6. The zero-order valence-electron chi connectivity index (χ0n) is 74.1. The summed E-state index contributed by atoms with van der Waals surface area (Å²) in [5.74, 6) is 1.15. The molecule has 0 saturated heterocycles. The van der Waals surface area contributed by atoms with Gasteiger partial charge in [0.05, 0.1) is 0 Å². The Kier molecular flexibility index (Phi) is 32.6. The van der Waals surface area contributed by atoms with Crippen molar-refractivity contribution in [2.24, 2.45) is 22.7 Å². The summed E-state index contributed by atoms with van der Waals surface area (Å²) in [6.07, 6.45) is 20.1. The van der Waals surface area contributed by atoms with E-state index in [4.69, 9.17) is 0 Å². The van der Waals surface area contributed by atoms with Gasteiger partial charge in [0.25, 0.3) is 0 Å². The summed E-state index contributed by atoms with van der Waals surface area (Å²) < 4.78 is 2.85. The molecule has 110 heavy (non-hydrogen) atoms. The van der Waals surface area contributed by atoms with Crippen LogP contribution in [0.3, 0.4) is 0 Å². The summed E-state index contributed by atoms with van der Waals surface area (Å²) in [7, 11) is 0. The summed E-state index contributed by atoms with van der Waals surface area (Å²) in [5.41, 5.74) is 32.8. The maximum atomic E-state index is 3.53. The summed E-state index contributed by atoms with van der Waals surface area (Å²) in [6.45, 7) is 72.3. The van der Waals surface area contributed by atoms with Crippen molar-refractivity contribution < 1.29 is 73.3 Å². The Morgan fingerprint density at radius 2 is 0.509 bits per heavy atom. The van der Waals surface area contributed by atoms with Crippen molar-refractivity contribution in [1.29, 1.82) is 0 Å². The Balaban J connectivity index is 0.000000240. The van der Waals surface area contributed by atoms with Crippen molar-refractivity contribution in [2.45, 2.75) is 291 Å². The standard InChI is InChI=1S/2C21H25.2C21H26.2C11H17.2ClH.2Zr/c2*1-20(2,3)16-9-7-14-11-15-8-10-17(21(4,5)6)13-19(15)18(14)12-16;2*1-20(2,3)18-11-7-16(8-12-18)15-17-9-13-19(14-10-17)21(4,5)6;2*1-5-9-6-7-10(8-9)11(2,3)4;;;;/h2*7,9-10,12-13H,11H2,1-6H3;2*7-14H,1-6H3;2*7-9H,5H2,1-4H3;2*1H;;/q2*-1;;;2*-1;;;2*+2/p-2. The second-order valence-corrected chi connectivity index (χ2v) is 43.6. The van der Waals surface area contributed by atoms with Crippen LogP contribution in [-0.2, 0) is 105 Å². The predicted octanol–water partition coefficient (Wildman–Crippen LogP) is 22.8. The third-order valence-corrected chi connectivity index (χ3v) is 24.3. The fourth-order valence-electron chi connectivity index (χ4n) is 13.3. The van der Waals surface area contributed by atoms with E-state index in [-0.39, 0.29) is 68.1 Å². The molecule has 8 aromatic carbocycles. The first-order chi connectivity index (χ1) is 49.6. The van der Waals surface area contributed by atoms with Gasteiger partial charge in [-0.3, -0.25) is 12.2 Å². The molecule has 0 fully saturated rings. The molecule has 8 aromatic rings. The van der Waals surface area contributed by atoms with Gasteiger partial charge in [0.2, 0.25) is 0 Å². The third kappa shape index (κ3) is 26.4. The molecule has 0 N–H and O–H groups in total. The van der Waals surface area contributed by atoms with Gasteiger partial charge in [-0.2, -0.15) is 82.0 Å². The maximum Gasteiger partial charge on any atom is -0.0640 e. The average Bonchev–Trinajstić information content (AvgIpc) is 1.62. The van der Waals surface area contributed by atoms with Gasteiger partial charge in [-0.05, 0) is 34.8 Å². The number of allylic oxidation sites excluding steroid dienone is 8. The Hall–Kier alpha value is -5.19. The number of fused-ring (bicyclic) bond motifs is 6. The van der Waals surface area contributed by atoms with Crippen LogP contribution in [0.15, 0.2) is 193 Å². The second-order valence-electron chi connectivity index (χ2n) is 41.1. The fraction of sp³-hybridized carbons (Fsp3) is 0.453. The summed E-state index contributed by atoms with van der Waals surface area (Å²) in [4.78, 5) is 0. The maximum absolute atomic E-state index is 3.53. The normalized spacial score (nSPS) is 15.1. The van der Waals surface area contributed by atoms with Gasteiger partial charge in [0.15, 0.2) is 0 Å². The van der Waals surface area contributed by atoms with Crippen molar-refractivity contribution in [2.75, 3.05) is 0 Å². The van der Waals surface area contributed by atoms with E-state index in [2.05, 4.69) is 428 Å².